The van der Waals surface area contributed by atoms with Gasteiger partial charge in [-0.3, -0.25) is 5.10 Å². The molecular formula is C9H7ClN2S. The zero-order valence-electron chi connectivity index (χ0n) is 6.97. The molecule has 2 aromatic rings. The van der Waals surface area contributed by atoms with Gasteiger partial charge in [0.2, 0.25) is 0 Å². The second-order valence-electron chi connectivity index (χ2n) is 2.83. The van der Waals surface area contributed by atoms with Crippen LogP contribution in [0.15, 0.2) is 18.2 Å². The molecule has 0 aliphatic heterocycles. The number of hydrogen-bond acceptors (Lipinski definition) is 2. The maximum atomic E-state index is 5.87. The van der Waals surface area contributed by atoms with Gasteiger partial charge in [0.1, 0.15) is 4.64 Å². The van der Waals surface area contributed by atoms with Gasteiger partial charge in [-0.05, 0) is 25.1 Å². The molecular weight excluding hydrogens is 204 g/mol. The number of fused-ring (bicyclic) bond motifs is 1. The summed E-state index contributed by atoms with van der Waals surface area (Å²) < 4.78 is 0.650. The molecule has 1 aromatic carbocycles. The van der Waals surface area contributed by atoms with Crippen molar-refractivity contribution in [2.45, 2.75) is 6.92 Å². The number of aromatic nitrogens is 2. The van der Waals surface area contributed by atoms with Crippen molar-refractivity contribution in [1.82, 2.24) is 10.2 Å². The molecule has 1 aromatic heterocycles. The van der Waals surface area contributed by atoms with E-state index in [2.05, 4.69) is 10.2 Å². The molecule has 13 heavy (non-hydrogen) atoms. The van der Waals surface area contributed by atoms with E-state index in [4.69, 9.17) is 23.8 Å². The van der Waals surface area contributed by atoms with Crippen LogP contribution < -0.4 is 0 Å². The van der Waals surface area contributed by atoms with Gasteiger partial charge in [-0.2, -0.15) is 5.10 Å². The van der Waals surface area contributed by atoms with Crippen LogP contribution in [0.2, 0.25) is 5.02 Å². The largest absolute Gasteiger partial charge is 0.267 e. The lowest BCUT2D eigenvalue weighted by Gasteiger charge is -2.00. The van der Waals surface area contributed by atoms with Crippen molar-refractivity contribution in [2.24, 2.45) is 0 Å². The Labute approximate surface area is 85.5 Å². The number of halogens is 1. The minimum Gasteiger partial charge on any atom is -0.267 e. The molecule has 0 amide bonds. The van der Waals surface area contributed by atoms with E-state index in [9.17, 15) is 0 Å². The van der Waals surface area contributed by atoms with Crippen LogP contribution in [0.5, 0.6) is 0 Å². The fourth-order valence-corrected chi connectivity index (χ4v) is 1.66. The van der Waals surface area contributed by atoms with Gasteiger partial charge in [-0.25, -0.2) is 0 Å². The standard InChI is InChI=1S/C9H7ClN2S/c1-5-8-4-6(10)2-3-7(8)9(13)12-11-5/h2-4H,1H3,(H,12,13). The van der Waals surface area contributed by atoms with Crippen molar-refractivity contribution >= 4 is 34.6 Å². The molecule has 0 saturated carbocycles. The lowest BCUT2D eigenvalue weighted by Crippen LogP contribution is -1.89. The maximum Gasteiger partial charge on any atom is 0.127 e. The Morgan fingerprint density at radius 3 is 2.92 bits per heavy atom. The molecule has 0 spiro atoms. The molecule has 0 bridgehead atoms. The number of nitrogens with one attached hydrogen (secondary N) is 1. The van der Waals surface area contributed by atoms with Crippen LogP contribution in [0.1, 0.15) is 5.69 Å². The van der Waals surface area contributed by atoms with Gasteiger partial charge in [0, 0.05) is 15.8 Å². The zero-order valence-corrected chi connectivity index (χ0v) is 8.54. The van der Waals surface area contributed by atoms with E-state index in [0.29, 0.717) is 9.66 Å². The molecule has 0 aliphatic carbocycles. The number of benzene rings is 1. The summed E-state index contributed by atoms with van der Waals surface area (Å²) in [5.74, 6) is 0. The van der Waals surface area contributed by atoms with Crippen LogP contribution in [-0.4, -0.2) is 10.2 Å². The van der Waals surface area contributed by atoms with E-state index in [0.717, 1.165) is 16.5 Å². The Hall–Kier alpha value is -0.930. The molecule has 1 N–H and O–H groups in total. The first-order valence-corrected chi connectivity index (χ1v) is 4.61. The first-order valence-electron chi connectivity index (χ1n) is 3.83. The van der Waals surface area contributed by atoms with Crippen molar-refractivity contribution in [2.75, 3.05) is 0 Å². The van der Waals surface area contributed by atoms with Crippen LogP contribution in [-0.2, 0) is 0 Å². The number of rotatable bonds is 0. The normalized spacial score (nSPS) is 10.6. The van der Waals surface area contributed by atoms with Gasteiger partial charge in [0.05, 0.1) is 5.69 Å². The lowest BCUT2D eigenvalue weighted by molar-refractivity contribution is 0.991. The highest BCUT2D eigenvalue weighted by atomic mass is 35.5. The minimum absolute atomic E-state index is 0.650. The molecule has 4 heteroatoms. The third-order valence-corrected chi connectivity index (χ3v) is 2.49. The summed E-state index contributed by atoms with van der Waals surface area (Å²) in [5.41, 5.74) is 0.908. The predicted molar refractivity (Wildman–Crippen MR) is 56.7 cm³/mol. The number of hydrogen-bond donors (Lipinski definition) is 1. The Kier molecular flexibility index (Phi) is 2.06. The first-order chi connectivity index (χ1) is 6.18. The Bertz CT molecular complexity index is 518. The fraction of sp³-hybridized carbons (Fsp3) is 0.111. The van der Waals surface area contributed by atoms with Crippen molar-refractivity contribution in [3.63, 3.8) is 0 Å². The Balaban J connectivity index is 3.01. The zero-order chi connectivity index (χ0) is 9.42. The van der Waals surface area contributed by atoms with Gasteiger partial charge in [0.25, 0.3) is 0 Å². The van der Waals surface area contributed by atoms with Gasteiger partial charge in [-0.15, -0.1) is 0 Å². The van der Waals surface area contributed by atoms with Crippen molar-refractivity contribution in [3.05, 3.63) is 33.6 Å². The molecule has 2 rings (SSSR count). The Morgan fingerprint density at radius 2 is 2.15 bits per heavy atom. The van der Waals surface area contributed by atoms with Gasteiger partial charge in [-0.1, -0.05) is 23.8 Å². The van der Waals surface area contributed by atoms with E-state index in [1.807, 2.05) is 25.1 Å². The second-order valence-corrected chi connectivity index (χ2v) is 3.67. The Morgan fingerprint density at radius 1 is 1.38 bits per heavy atom. The average Bonchev–Trinajstić information content (AvgIpc) is 2.12. The third kappa shape index (κ3) is 1.45. The predicted octanol–water partition coefficient (Wildman–Crippen LogP) is 3.25. The highest BCUT2D eigenvalue weighted by Crippen LogP contribution is 2.20. The number of H-pyrrole nitrogens is 1. The topological polar surface area (TPSA) is 28.7 Å². The summed E-state index contributed by atoms with van der Waals surface area (Å²) in [6.07, 6.45) is 0. The smallest absolute Gasteiger partial charge is 0.127 e. The van der Waals surface area contributed by atoms with Crippen molar-refractivity contribution in [3.8, 4) is 0 Å². The monoisotopic (exact) mass is 210 g/mol. The summed E-state index contributed by atoms with van der Waals surface area (Å²) in [4.78, 5) is 0. The molecule has 0 fully saturated rings. The molecule has 1 heterocycles. The van der Waals surface area contributed by atoms with Crippen LogP contribution in [0.3, 0.4) is 0 Å². The van der Waals surface area contributed by atoms with E-state index in [-0.39, 0.29) is 0 Å². The van der Waals surface area contributed by atoms with E-state index in [1.54, 1.807) is 0 Å². The van der Waals surface area contributed by atoms with E-state index >= 15 is 0 Å². The summed E-state index contributed by atoms with van der Waals surface area (Å²) in [7, 11) is 0. The van der Waals surface area contributed by atoms with Crippen LogP contribution in [0, 0.1) is 11.6 Å². The molecule has 0 radical (unpaired) electrons. The van der Waals surface area contributed by atoms with E-state index < -0.39 is 0 Å². The van der Waals surface area contributed by atoms with Crippen LogP contribution in [0.25, 0.3) is 10.8 Å². The molecule has 0 aliphatic rings. The molecule has 0 unspecified atom stereocenters. The van der Waals surface area contributed by atoms with Crippen molar-refractivity contribution in [1.29, 1.82) is 0 Å². The van der Waals surface area contributed by atoms with Gasteiger partial charge < -0.3 is 0 Å². The van der Waals surface area contributed by atoms with Crippen LogP contribution >= 0.6 is 23.8 Å². The molecule has 2 nitrogen and oxygen atoms in total. The van der Waals surface area contributed by atoms with Gasteiger partial charge in [0.15, 0.2) is 0 Å². The fourth-order valence-electron chi connectivity index (χ4n) is 1.27. The molecule has 0 atom stereocenters. The third-order valence-electron chi connectivity index (χ3n) is 1.94. The lowest BCUT2D eigenvalue weighted by atomic mass is 10.1. The first kappa shape index (κ1) is 8.66. The molecule has 0 saturated heterocycles. The SMILES string of the molecule is Cc1n[nH]c(=S)c2ccc(Cl)cc12. The summed E-state index contributed by atoms with van der Waals surface area (Å²) in [5, 5.41) is 9.55. The summed E-state index contributed by atoms with van der Waals surface area (Å²) in [6, 6.07) is 5.61. The number of aromatic amines is 1. The average molecular weight is 211 g/mol. The van der Waals surface area contributed by atoms with Crippen LogP contribution in [0.4, 0.5) is 0 Å². The van der Waals surface area contributed by atoms with Gasteiger partial charge >= 0.3 is 0 Å². The number of aryl methyl sites for hydroxylation is 1. The van der Waals surface area contributed by atoms with E-state index in [1.165, 1.54) is 0 Å². The van der Waals surface area contributed by atoms with Crippen molar-refractivity contribution < 1.29 is 0 Å². The summed E-state index contributed by atoms with van der Waals surface area (Å²) >= 11 is 11.0. The maximum absolute atomic E-state index is 5.87. The minimum atomic E-state index is 0.650. The highest BCUT2D eigenvalue weighted by Gasteiger charge is 2.00. The quantitative estimate of drug-likeness (QED) is 0.677. The second kappa shape index (κ2) is 3.09. The highest BCUT2D eigenvalue weighted by molar-refractivity contribution is 7.71. The molecule has 66 valence electrons. The summed E-state index contributed by atoms with van der Waals surface area (Å²) in [6.45, 7) is 1.92. The number of nitrogens with zero attached hydrogens (tertiary/aromatic N) is 1.